The van der Waals surface area contributed by atoms with Gasteiger partial charge in [0.2, 0.25) is 5.65 Å². The third-order valence-electron chi connectivity index (χ3n) is 7.05. The molecule has 42 heavy (non-hydrogen) atoms. The second-order valence-corrected chi connectivity index (χ2v) is 9.75. The number of carbonyl (C=O) groups excluding carboxylic acids is 2. The van der Waals surface area contributed by atoms with Gasteiger partial charge >= 0.3 is 6.18 Å². The van der Waals surface area contributed by atoms with E-state index in [0.29, 0.717) is 0 Å². The van der Waals surface area contributed by atoms with Crippen LogP contribution in [0.5, 0.6) is 17.4 Å². The maximum absolute atomic E-state index is 13.3. The van der Waals surface area contributed by atoms with Crippen LogP contribution in [0.3, 0.4) is 0 Å². The summed E-state index contributed by atoms with van der Waals surface area (Å²) in [6.07, 6.45) is -1.08. The number of fused-ring (bicyclic) bond motifs is 1. The molecule has 1 aromatic carbocycles. The fraction of sp³-hybridized carbons (Fsp3) is 0.346. The summed E-state index contributed by atoms with van der Waals surface area (Å²) in [7, 11) is 0. The summed E-state index contributed by atoms with van der Waals surface area (Å²) >= 11 is 0. The van der Waals surface area contributed by atoms with E-state index in [9.17, 15) is 33.0 Å². The number of aromatic nitrogens is 4. The topological polar surface area (TPSA) is 156 Å². The number of phenolic OH excluding ortho intramolecular Hbond substituents is 1. The molecule has 0 aliphatic carbocycles. The lowest BCUT2D eigenvalue weighted by Gasteiger charge is -2.35. The number of rotatable bonds is 5. The molecule has 5 heterocycles. The van der Waals surface area contributed by atoms with Crippen molar-refractivity contribution in [1.82, 2.24) is 29.3 Å². The number of hydrogen-bond acceptors (Lipinski definition) is 10. The van der Waals surface area contributed by atoms with Crippen LogP contribution in [0, 0.1) is 0 Å². The van der Waals surface area contributed by atoms with Crippen molar-refractivity contribution >= 4 is 17.5 Å². The molecule has 6 rings (SSSR count). The van der Waals surface area contributed by atoms with Gasteiger partial charge in [-0.05, 0) is 12.1 Å². The minimum atomic E-state index is -4.74. The highest BCUT2D eigenvalue weighted by Crippen LogP contribution is 2.37. The van der Waals surface area contributed by atoms with Crippen LogP contribution in [0.1, 0.15) is 22.5 Å². The number of benzene rings is 1. The SMILES string of the molecule is O=C(c1ccc(Oc2nccn3c(-c4conc4C(F)(F)F)cnc23)cc1O)N1CCN(C(=O)[C@@H]2C[C@@H](O)CO2)CC1. The number of phenols is 1. The van der Waals surface area contributed by atoms with Crippen molar-refractivity contribution in [2.45, 2.75) is 24.8 Å². The van der Waals surface area contributed by atoms with Crippen molar-refractivity contribution in [3.8, 4) is 28.6 Å². The van der Waals surface area contributed by atoms with Gasteiger partial charge in [-0.15, -0.1) is 0 Å². The Morgan fingerprint density at radius 3 is 2.55 bits per heavy atom. The van der Waals surface area contributed by atoms with E-state index in [1.165, 1.54) is 46.1 Å². The second kappa shape index (κ2) is 10.6. The maximum atomic E-state index is 13.3. The van der Waals surface area contributed by atoms with Crippen LogP contribution in [-0.4, -0.2) is 96.3 Å². The van der Waals surface area contributed by atoms with E-state index in [0.717, 1.165) is 6.26 Å². The first kappa shape index (κ1) is 27.5. The lowest BCUT2D eigenvalue weighted by atomic mass is 10.1. The molecule has 16 heteroatoms. The predicted octanol–water partition coefficient (Wildman–Crippen LogP) is 2.34. The van der Waals surface area contributed by atoms with E-state index < -0.39 is 30.0 Å². The third kappa shape index (κ3) is 5.09. The molecule has 0 spiro atoms. The highest BCUT2D eigenvalue weighted by Gasteiger charge is 2.39. The Morgan fingerprint density at radius 1 is 1.10 bits per heavy atom. The number of hydrogen-bond donors (Lipinski definition) is 2. The Hall–Kier alpha value is -4.70. The van der Waals surface area contributed by atoms with Gasteiger partial charge in [0.25, 0.3) is 17.7 Å². The second-order valence-electron chi connectivity index (χ2n) is 9.75. The number of nitrogens with zero attached hydrogens (tertiary/aromatic N) is 6. The zero-order valence-corrected chi connectivity index (χ0v) is 21.7. The molecule has 0 bridgehead atoms. The number of aromatic hydroxyl groups is 1. The molecule has 2 atom stereocenters. The number of amides is 2. The van der Waals surface area contributed by atoms with Gasteiger partial charge in [0, 0.05) is 51.1 Å². The molecular formula is C26H23F3N6O7. The highest BCUT2D eigenvalue weighted by atomic mass is 19.4. The summed E-state index contributed by atoms with van der Waals surface area (Å²) in [6, 6.07) is 4.03. The van der Waals surface area contributed by atoms with Gasteiger partial charge in [-0.3, -0.25) is 14.0 Å². The largest absolute Gasteiger partial charge is 0.507 e. The van der Waals surface area contributed by atoms with Crippen LogP contribution < -0.4 is 4.74 Å². The van der Waals surface area contributed by atoms with Crippen molar-refractivity contribution in [1.29, 1.82) is 0 Å². The predicted molar refractivity (Wildman–Crippen MR) is 135 cm³/mol. The van der Waals surface area contributed by atoms with Gasteiger partial charge in [0.1, 0.15) is 23.9 Å². The fourth-order valence-electron chi connectivity index (χ4n) is 4.94. The average Bonchev–Trinajstić information content (AvgIpc) is 3.72. The third-order valence-corrected chi connectivity index (χ3v) is 7.05. The molecule has 13 nitrogen and oxygen atoms in total. The monoisotopic (exact) mass is 588 g/mol. The number of imidazole rings is 1. The van der Waals surface area contributed by atoms with Crippen LogP contribution >= 0.6 is 0 Å². The normalized spacial score (nSPS) is 19.4. The molecule has 2 fully saturated rings. The van der Waals surface area contributed by atoms with E-state index in [1.807, 2.05) is 0 Å². The van der Waals surface area contributed by atoms with E-state index in [-0.39, 0.29) is 85.0 Å². The number of alkyl halides is 3. The summed E-state index contributed by atoms with van der Waals surface area (Å²) in [4.78, 5) is 37.0. The molecule has 0 radical (unpaired) electrons. The van der Waals surface area contributed by atoms with E-state index in [4.69, 9.17) is 9.47 Å². The van der Waals surface area contributed by atoms with Gasteiger partial charge in [0.05, 0.1) is 35.7 Å². The van der Waals surface area contributed by atoms with Crippen molar-refractivity contribution in [2.75, 3.05) is 32.8 Å². The average molecular weight is 588 g/mol. The quantitative estimate of drug-likeness (QED) is 0.355. The van der Waals surface area contributed by atoms with Gasteiger partial charge in [0.15, 0.2) is 5.69 Å². The molecule has 220 valence electrons. The smallest absolute Gasteiger partial charge is 0.437 e. The highest BCUT2D eigenvalue weighted by molar-refractivity contribution is 5.97. The Labute approximate surface area is 234 Å². The number of piperazine rings is 1. The van der Waals surface area contributed by atoms with Crippen LogP contribution in [0.2, 0.25) is 0 Å². The fourth-order valence-corrected chi connectivity index (χ4v) is 4.94. The standard InChI is InChI=1S/C26H23F3N6O7/c27-26(28,29)21-17(13-41-32-21)18-11-31-22-23(30-3-4-35(18)22)42-15-1-2-16(19(37)10-15)24(38)33-5-7-34(8-6-33)25(39)20-9-14(36)12-40-20/h1-4,10-11,13-14,20,36-37H,5-9,12H2/t14-,20+/m1/s1. The minimum Gasteiger partial charge on any atom is -0.507 e. The zero-order chi connectivity index (χ0) is 29.6. The van der Waals surface area contributed by atoms with Gasteiger partial charge in [-0.25, -0.2) is 9.97 Å². The lowest BCUT2D eigenvalue weighted by Crippen LogP contribution is -2.52. The Morgan fingerprint density at radius 2 is 1.86 bits per heavy atom. The van der Waals surface area contributed by atoms with Crippen LogP contribution in [0.15, 0.2) is 47.6 Å². The molecular weight excluding hydrogens is 565 g/mol. The number of aliphatic hydroxyl groups is 1. The first-order chi connectivity index (χ1) is 20.1. The molecule has 0 unspecified atom stereocenters. The Bertz CT molecular complexity index is 1650. The number of carbonyl (C=O) groups is 2. The molecule has 0 saturated carbocycles. The molecule has 2 N–H and O–H groups in total. The number of ether oxygens (including phenoxy) is 2. The Kier molecular flexibility index (Phi) is 6.94. The summed E-state index contributed by atoms with van der Waals surface area (Å²) < 4.78 is 57.0. The molecule has 2 aliphatic rings. The van der Waals surface area contributed by atoms with Crippen LogP contribution in [0.25, 0.3) is 16.9 Å². The van der Waals surface area contributed by atoms with Gasteiger partial charge in [-0.2, -0.15) is 13.2 Å². The first-order valence-corrected chi connectivity index (χ1v) is 12.8. The Balaban J connectivity index is 1.15. The number of aliphatic hydroxyl groups excluding tert-OH is 1. The van der Waals surface area contributed by atoms with Crippen molar-refractivity contribution < 1.29 is 47.0 Å². The first-order valence-electron chi connectivity index (χ1n) is 12.8. The summed E-state index contributed by atoms with van der Waals surface area (Å²) in [6.45, 7) is 1.17. The molecule has 2 aliphatic heterocycles. The summed E-state index contributed by atoms with van der Waals surface area (Å²) in [5.41, 5.74) is -1.37. The van der Waals surface area contributed by atoms with Crippen LogP contribution in [-0.2, 0) is 15.7 Å². The van der Waals surface area contributed by atoms with Crippen molar-refractivity contribution in [3.63, 3.8) is 0 Å². The molecule has 4 aromatic rings. The maximum Gasteiger partial charge on any atom is 0.437 e. The van der Waals surface area contributed by atoms with Gasteiger partial charge < -0.3 is 34.0 Å². The van der Waals surface area contributed by atoms with Crippen molar-refractivity contribution in [2.24, 2.45) is 0 Å². The van der Waals surface area contributed by atoms with Gasteiger partial charge in [-0.1, -0.05) is 5.16 Å². The molecule has 2 amide bonds. The zero-order valence-electron chi connectivity index (χ0n) is 21.7. The van der Waals surface area contributed by atoms with E-state index in [1.54, 1.807) is 4.90 Å². The molecule has 2 saturated heterocycles. The molecule has 3 aromatic heterocycles. The van der Waals surface area contributed by atoms with E-state index in [2.05, 4.69) is 19.6 Å². The van der Waals surface area contributed by atoms with Crippen LogP contribution in [0.4, 0.5) is 13.2 Å². The lowest BCUT2D eigenvalue weighted by molar-refractivity contribution is -0.143. The number of halogens is 3. The van der Waals surface area contributed by atoms with E-state index >= 15 is 0 Å². The minimum absolute atomic E-state index is 0.0192. The summed E-state index contributed by atoms with van der Waals surface area (Å²) in [5, 5.41) is 23.3. The summed E-state index contributed by atoms with van der Waals surface area (Å²) in [5.74, 6) is -0.986. The van der Waals surface area contributed by atoms with Crippen molar-refractivity contribution in [3.05, 3.63) is 54.3 Å².